The summed E-state index contributed by atoms with van der Waals surface area (Å²) in [5, 5.41) is 32.5. The van der Waals surface area contributed by atoms with Crippen LogP contribution in [0.1, 0.15) is 0 Å². The average molecular weight is 537 g/mol. The van der Waals surface area contributed by atoms with Crippen LogP contribution in [-0.2, 0) is 19.2 Å². The summed E-state index contributed by atoms with van der Waals surface area (Å²) in [7, 11) is 2.23. The van der Waals surface area contributed by atoms with E-state index in [1.54, 1.807) is 0 Å². The fourth-order valence-corrected chi connectivity index (χ4v) is 4.39. The Labute approximate surface area is 223 Å². The topological polar surface area (TPSA) is 184 Å². The lowest BCUT2D eigenvalue weighted by Crippen LogP contribution is -2.52. The van der Waals surface area contributed by atoms with Crippen LogP contribution in [0.3, 0.4) is 0 Å². The van der Waals surface area contributed by atoms with Crippen LogP contribution in [0.5, 0.6) is 0 Å². The van der Waals surface area contributed by atoms with Crippen molar-refractivity contribution in [3.8, 4) is 11.1 Å². The number of pyridine rings is 1. The molecule has 0 spiro atoms. The monoisotopic (exact) mass is 536 g/mol. The Morgan fingerprint density at radius 1 is 0.821 bits per heavy atom. The standard InChI is InChI=1S/C19H20N4.2C4H4O4/c1-22-10-16-11-23(12-19(16)22)17-7-15(8-20-9-17)13-2-3-18-14(6-13)4-5-21-18;2*5-3(6)1-2-4(7)8/h2-9,16,19,21H,10-12H2,1H3;2*1-2H,(H,5,6)(H,7,8)/b;2*2-1+/t16-,19+;;/m0../s1. The van der Waals surface area contributed by atoms with E-state index in [4.69, 9.17) is 20.4 Å². The molecule has 2 aliphatic heterocycles. The van der Waals surface area contributed by atoms with E-state index in [9.17, 15) is 19.2 Å². The minimum atomic E-state index is -1.26. The molecule has 0 bridgehead atoms. The van der Waals surface area contributed by atoms with Crippen molar-refractivity contribution in [3.63, 3.8) is 0 Å². The number of carboxylic acid groups (broad SMARTS) is 4. The Bertz CT molecular complexity index is 1350. The number of rotatable bonds is 6. The number of aliphatic carboxylic acids is 4. The summed E-state index contributed by atoms with van der Waals surface area (Å²) in [5.74, 6) is -4.19. The van der Waals surface area contributed by atoms with Crippen molar-refractivity contribution in [2.24, 2.45) is 5.92 Å². The summed E-state index contributed by atoms with van der Waals surface area (Å²) in [6.45, 7) is 3.53. The number of aromatic amines is 1. The molecule has 0 radical (unpaired) electrons. The minimum absolute atomic E-state index is 0.558. The predicted octanol–water partition coefficient (Wildman–Crippen LogP) is 2.40. The number of likely N-dealkylation sites (tertiary alicyclic amines) is 1. The number of hydrogen-bond acceptors (Lipinski definition) is 7. The van der Waals surface area contributed by atoms with Crippen LogP contribution in [-0.4, -0.2) is 91.9 Å². The molecule has 5 N–H and O–H groups in total. The maximum Gasteiger partial charge on any atom is 0.328 e. The molecule has 12 nitrogen and oxygen atoms in total. The Morgan fingerprint density at radius 3 is 1.97 bits per heavy atom. The van der Waals surface area contributed by atoms with Crippen molar-refractivity contribution in [1.29, 1.82) is 0 Å². The van der Waals surface area contributed by atoms with Crippen LogP contribution in [0.2, 0.25) is 0 Å². The first-order valence-electron chi connectivity index (χ1n) is 11.8. The van der Waals surface area contributed by atoms with Crippen molar-refractivity contribution in [2.75, 3.05) is 31.6 Å². The molecule has 0 unspecified atom stereocenters. The molecule has 0 amide bonds. The van der Waals surface area contributed by atoms with E-state index in [2.05, 4.69) is 57.1 Å². The minimum Gasteiger partial charge on any atom is -0.478 e. The van der Waals surface area contributed by atoms with Gasteiger partial charge in [-0.05, 0) is 42.3 Å². The summed E-state index contributed by atoms with van der Waals surface area (Å²) in [6, 6.07) is 11.7. The SMILES string of the molecule is CN1C[C@H]2CN(c3cncc(-c4ccc5[nH]ccc5c4)c3)C[C@H]21.O=C(O)/C=C/C(=O)O.O=C(O)/C=C/C(=O)O. The Morgan fingerprint density at radius 2 is 1.44 bits per heavy atom. The van der Waals surface area contributed by atoms with Gasteiger partial charge < -0.3 is 35.2 Å². The van der Waals surface area contributed by atoms with Gasteiger partial charge in [-0.3, -0.25) is 4.98 Å². The number of likely N-dealkylation sites (N-methyl/N-ethyl adjacent to an activating group) is 1. The highest BCUT2D eigenvalue weighted by atomic mass is 16.4. The van der Waals surface area contributed by atoms with E-state index >= 15 is 0 Å². The van der Waals surface area contributed by atoms with Crippen LogP contribution in [0.4, 0.5) is 5.69 Å². The zero-order chi connectivity index (χ0) is 28.5. The molecule has 0 saturated carbocycles. The number of anilines is 1. The molecular weight excluding hydrogens is 508 g/mol. The van der Waals surface area contributed by atoms with Crippen molar-refractivity contribution < 1.29 is 39.6 Å². The predicted molar refractivity (Wildman–Crippen MR) is 142 cm³/mol. The molecule has 3 aromatic rings. The highest BCUT2D eigenvalue weighted by Gasteiger charge is 2.43. The summed E-state index contributed by atoms with van der Waals surface area (Å²) in [5.41, 5.74) is 4.85. The van der Waals surface area contributed by atoms with E-state index < -0.39 is 23.9 Å². The van der Waals surface area contributed by atoms with Crippen LogP contribution in [0, 0.1) is 5.92 Å². The Hall–Kier alpha value is -4.97. The normalized spacial score (nSPS) is 18.0. The fraction of sp³-hybridized carbons (Fsp3) is 0.222. The van der Waals surface area contributed by atoms with Crippen molar-refractivity contribution in [2.45, 2.75) is 6.04 Å². The van der Waals surface area contributed by atoms with Crippen molar-refractivity contribution in [3.05, 3.63) is 73.2 Å². The van der Waals surface area contributed by atoms with Crippen LogP contribution >= 0.6 is 0 Å². The first-order valence-corrected chi connectivity index (χ1v) is 11.8. The van der Waals surface area contributed by atoms with Gasteiger partial charge in [-0.1, -0.05) is 6.07 Å². The summed E-state index contributed by atoms with van der Waals surface area (Å²) in [6.07, 6.45) is 8.19. The summed E-state index contributed by atoms with van der Waals surface area (Å²) in [4.78, 5) is 50.9. The number of hydrogen-bond donors (Lipinski definition) is 5. The van der Waals surface area contributed by atoms with E-state index in [1.807, 2.05) is 18.6 Å². The third-order valence-corrected chi connectivity index (χ3v) is 6.21. The highest BCUT2D eigenvalue weighted by molar-refractivity contribution is 5.90. The molecule has 1 aromatic carbocycles. The Kier molecular flexibility index (Phi) is 9.54. The number of H-pyrrole nitrogens is 1. The first-order chi connectivity index (χ1) is 18.5. The largest absolute Gasteiger partial charge is 0.478 e. The van der Waals surface area contributed by atoms with Gasteiger partial charge in [0.25, 0.3) is 0 Å². The van der Waals surface area contributed by atoms with Gasteiger partial charge in [-0.2, -0.15) is 0 Å². The maximum atomic E-state index is 9.55. The van der Waals surface area contributed by atoms with E-state index in [0.29, 0.717) is 24.3 Å². The smallest absolute Gasteiger partial charge is 0.328 e. The van der Waals surface area contributed by atoms with Crippen molar-refractivity contribution >= 4 is 40.5 Å². The molecule has 2 saturated heterocycles. The Balaban J connectivity index is 0.000000219. The molecule has 2 fully saturated rings. The number of nitrogens with one attached hydrogen (secondary N) is 1. The second kappa shape index (κ2) is 13.0. The van der Waals surface area contributed by atoms with Gasteiger partial charge in [0.1, 0.15) is 0 Å². The van der Waals surface area contributed by atoms with Gasteiger partial charge in [0, 0.05) is 79.4 Å². The lowest BCUT2D eigenvalue weighted by Gasteiger charge is -2.40. The second-order valence-electron chi connectivity index (χ2n) is 8.90. The molecule has 39 heavy (non-hydrogen) atoms. The van der Waals surface area contributed by atoms with Crippen LogP contribution in [0.15, 0.2) is 73.2 Å². The number of aromatic nitrogens is 2. The molecule has 0 aliphatic carbocycles. The zero-order valence-corrected chi connectivity index (χ0v) is 21.0. The second-order valence-corrected chi connectivity index (χ2v) is 8.90. The lowest BCUT2D eigenvalue weighted by molar-refractivity contribution is -0.134. The first kappa shape index (κ1) is 28.6. The lowest BCUT2D eigenvalue weighted by atomic mass is 9.93. The van der Waals surface area contributed by atoms with Gasteiger partial charge >= 0.3 is 23.9 Å². The zero-order valence-electron chi connectivity index (χ0n) is 21.0. The number of benzene rings is 1. The molecule has 204 valence electrons. The molecule has 4 heterocycles. The van der Waals surface area contributed by atoms with Gasteiger partial charge in [0.15, 0.2) is 0 Å². The molecular formula is C27H28N4O8. The molecule has 5 rings (SSSR count). The highest BCUT2D eigenvalue weighted by Crippen LogP contribution is 2.34. The van der Waals surface area contributed by atoms with E-state index in [-0.39, 0.29) is 0 Å². The van der Waals surface area contributed by atoms with E-state index in [1.165, 1.54) is 34.3 Å². The maximum absolute atomic E-state index is 9.55. The summed E-state index contributed by atoms with van der Waals surface area (Å²) >= 11 is 0. The van der Waals surface area contributed by atoms with E-state index in [0.717, 1.165) is 25.0 Å². The third kappa shape index (κ3) is 8.27. The van der Waals surface area contributed by atoms with Gasteiger partial charge in [0.05, 0.1) is 11.9 Å². The molecule has 2 aliphatic rings. The average Bonchev–Trinajstić information content (AvgIpc) is 3.50. The number of carboxylic acids is 4. The number of carbonyl (C=O) groups is 4. The quantitative estimate of drug-likeness (QED) is 0.291. The molecule has 12 heteroatoms. The summed E-state index contributed by atoms with van der Waals surface area (Å²) < 4.78 is 0. The van der Waals surface area contributed by atoms with Gasteiger partial charge in [0.2, 0.25) is 0 Å². The van der Waals surface area contributed by atoms with Crippen LogP contribution < -0.4 is 4.90 Å². The fourth-order valence-electron chi connectivity index (χ4n) is 4.39. The number of fused-ring (bicyclic) bond motifs is 2. The van der Waals surface area contributed by atoms with Gasteiger partial charge in [-0.25, -0.2) is 19.2 Å². The molecule has 2 aromatic heterocycles. The van der Waals surface area contributed by atoms with Gasteiger partial charge in [-0.15, -0.1) is 0 Å². The molecule has 2 atom stereocenters. The third-order valence-electron chi connectivity index (χ3n) is 6.21. The van der Waals surface area contributed by atoms with Crippen molar-refractivity contribution in [1.82, 2.24) is 14.9 Å². The van der Waals surface area contributed by atoms with Crippen LogP contribution in [0.25, 0.3) is 22.0 Å². The number of nitrogens with zero attached hydrogens (tertiary/aromatic N) is 3.